The average molecular weight is 247 g/mol. The molecule has 0 spiro atoms. The molecule has 18 heavy (non-hydrogen) atoms. The molecule has 2 aromatic heterocycles. The molecule has 6 nitrogen and oxygen atoms in total. The van der Waals surface area contributed by atoms with Crippen LogP contribution in [-0.2, 0) is 4.74 Å². The van der Waals surface area contributed by atoms with Gasteiger partial charge in [-0.05, 0) is 6.07 Å². The van der Waals surface area contributed by atoms with Crippen molar-refractivity contribution in [3.05, 3.63) is 18.5 Å². The highest BCUT2D eigenvalue weighted by molar-refractivity contribution is 5.69. The SMILES string of the molecule is CN(C)c1cnn2ccc(N3CCOCC3)nc12. The van der Waals surface area contributed by atoms with E-state index in [0.29, 0.717) is 0 Å². The number of hydrogen-bond donors (Lipinski definition) is 0. The molecular formula is C12H17N5O. The maximum absolute atomic E-state index is 5.36. The number of aromatic nitrogens is 3. The van der Waals surface area contributed by atoms with E-state index in [1.807, 2.05) is 37.5 Å². The standard InChI is InChI=1S/C12H17N5O/c1-15(2)10-9-13-17-4-3-11(14-12(10)17)16-5-7-18-8-6-16/h3-4,9H,5-8H2,1-2H3. The molecule has 1 fully saturated rings. The highest BCUT2D eigenvalue weighted by atomic mass is 16.5. The smallest absolute Gasteiger partial charge is 0.180 e. The van der Waals surface area contributed by atoms with Crippen LogP contribution in [0.3, 0.4) is 0 Å². The van der Waals surface area contributed by atoms with Gasteiger partial charge in [0.1, 0.15) is 11.5 Å². The van der Waals surface area contributed by atoms with E-state index < -0.39 is 0 Å². The molecule has 1 aliphatic heterocycles. The fourth-order valence-corrected chi connectivity index (χ4v) is 2.13. The van der Waals surface area contributed by atoms with Gasteiger partial charge in [-0.25, -0.2) is 9.50 Å². The van der Waals surface area contributed by atoms with Crippen LogP contribution in [0.25, 0.3) is 5.65 Å². The number of hydrogen-bond acceptors (Lipinski definition) is 5. The van der Waals surface area contributed by atoms with Gasteiger partial charge in [0.05, 0.1) is 19.4 Å². The Morgan fingerprint density at radius 2 is 2.06 bits per heavy atom. The first-order chi connectivity index (χ1) is 8.75. The lowest BCUT2D eigenvalue weighted by atomic mass is 10.4. The fraction of sp³-hybridized carbons (Fsp3) is 0.500. The fourth-order valence-electron chi connectivity index (χ4n) is 2.13. The van der Waals surface area contributed by atoms with Crippen molar-refractivity contribution in [3.63, 3.8) is 0 Å². The van der Waals surface area contributed by atoms with Gasteiger partial charge < -0.3 is 14.5 Å². The van der Waals surface area contributed by atoms with Crippen LogP contribution in [-0.4, -0.2) is 55.0 Å². The van der Waals surface area contributed by atoms with E-state index >= 15 is 0 Å². The summed E-state index contributed by atoms with van der Waals surface area (Å²) in [5.41, 5.74) is 1.93. The van der Waals surface area contributed by atoms with Gasteiger partial charge >= 0.3 is 0 Å². The van der Waals surface area contributed by atoms with Gasteiger partial charge in [0, 0.05) is 33.4 Å². The quantitative estimate of drug-likeness (QED) is 0.779. The van der Waals surface area contributed by atoms with Crippen LogP contribution < -0.4 is 9.80 Å². The largest absolute Gasteiger partial charge is 0.378 e. The van der Waals surface area contributed by atoms with E-state index in [4.69, 9.17) is 9.72 Å². The zero-order valence-corrected chi connectivity index (χ0v) is 10.7. The second-order valence-electron chi connectivity index (χ2n) is 4.58. The minimum atomic E-state index is 0.770. The Bertz CT molecular complexity index is 544. The zero-order chi connectivity index (χ0) is 12.5. The van der Waals surface area contributed by atoms with Gasteiger partial charge in [-0.3, -0.25) is 0 Å². The van der Waals surface area contributed by atoms with Crippen molar-refractivity contribution in [2.45, 2.75) is 0 Å². The van der Waals surface area contributed by atoms with Crippen LogP contribution in [0.1, 0.15) is 0 Å². The third kappa shape index (κ3) is 1.88. The lowest BCUT2D eigenvalue weighted by Crippen LogP contribution is -2.36. The van der Waals surface area contributed by atoms with E-state index in [1.165, 1.54) is 0 Å². The molecule has 0 aliphatic carbocycles. The Morgan fingerprint density at radius 1 is 1.28 bits per heavy atom. The van der Waals surface area contributed by atoms with E-state index in [-0.39, 0.29) is 0 Å². The Labute approximate surface area is 106 Å². The van der Waals surface area contributed by atoms with Crippen molar-refractivity contribution >= 4 is 17.2 Å². The second kappa shape index (κ2) is 4.45. The number of morpholine rings is 1. The van der Waals surface area contributed by atoms with Gasteiger partial charge in [-0.2, -0.15) is 5.10 Å². The first-order valence-corrected chi connectivity index (χ1v) is 6.10. The van der Waals surface area contributed by atoms with Crippen molar-refractivity contribution in [2.75, 3.05) is 50.2 Å². The van der Waals surface area contributed by atoms with E-state index in [9.17, 15) is 0 Å². The molecule has 3 rings (SSSR count). The molecule has 0 atom stereocenters. The molecule has 0 aromatic carbocycles. The van der Waals surface area contributed by atoms with Crippen LogP contribution in [0.5, 0.6) is 0 Å². The summed E-state index contributed by atoms with van der Waals surface area (Å²) in [4.78, 5) is 8.98. The predicted octanol–water partition coefficient (Wildman–Crippen LogP) is 0.632. The molecule has 96 valence electrons. The summed E-state index contributed by atoms with van der Waals surface area (Å²) in [5.74, 6) is 0.995. The molecule has 0 bridgehead atoms. The molecule has 6 heteroatoms. The van der Waals surface area contributed by atoms with Gasteiger partial charge in [0.15, 0.2) is 5.65 Å². The summed E-state index contributed by atoms with van der Waals surface area (Å²) >= 11 is 0. The Balaban J connectivity index is 2.00. The third-order valence-electron chi connectivity index (χ3n) is 3.15. The zero-order valence-electron chi connectivity index (χ0n) is 10.7. The molecule has 0 radical (unpaired) electrons. The number of fused-ring (bicyclic) bond motifs is 1. The first-order valence-electron chi connectivity index (χ1n) is 6.10. The summed E-state index contributed by atoms with van der Waals surface area (Å²) in [5, 5.41) is 4.30. The molecular weight excluding hydrogens is 230 g/mol. The lowest BCUT2D eigenvalue weighted by Gasteiger charge is -2.27. The van der Waals surface area contributed by atoms with Gasteiger partial charge in [0.2, 0.25) is 0 Å². The molecule has 2 aromatic rings. The van der Waals surface area contributed by atoms with Gasteiger partial charge in [0.25, 0.3) is 0 Å². The normalized spacial score (nSPS) is 16.2. The van der Waals surface area contributed by atoms with Crippen molar-refractivity contribution in [1.29, 1.82) is 0 Å². The van der Waals surface area contributed by atoms with Crippen LogP contribution in [0, 0.1) is 0 Å². The molecule has 3 heterocycles. The lowest BCUT2D eigenvalue weighted by molar-refractivity contribution is 0.122. The average Bonchev–Trinajstić information content (AvgIpc) is 2.82. The maximum Gasteiger partial charge on any atom is 0.180 e. The monoisotopic (exact) mass is 247 g/mol. The van der Waals surface area contributed by atoms with Crippen molar-refractivity contribution in [2.24, 2.45) is 0 Å². The maximum atomic E-state index is 5.36. The summed E-state index contributed by atoms with van der Waals surface area (Å²) in [6.45, 7) is 3.34. The van der Waals surface area contributed by atoms with Crippen LogP contribution in [0.2, 0.25) is 0 Å². The molecule has 1 aliphatic rings. The second-order valence-corrected chi connectivity index (χ2v) is 4.58. The van der Waals surface area contributed by atoms with Crippen LogP contribution >= 0.6 is 0 Å². The van der Waals surface area contributed by atoms with Gasteiger partial charge in [-0.1, -0.05) is 0 Å². The Hall–Kier alpha value is -1.82. The Morgan fingerprint density at radius 3 is 2.78 bits per heavy atom. The molecule has 0 unspecified atom stereocenters. The number of ether oxygens (including phenoxy) is 1. The third-order valence-corrected chi connectivity index (χ3v) is 3.15. The predicted molar refractivity (Wildman–Crippen MR) is 70.3 cm³/mol. The number of anilines is 2. The highest BCUT2D eigenvalue weighted by Crippen LogP contribution is 2.20. The summed E-state index contributed by atoms with van der Waals surface area (Å²) in [6.07, 6.45) is 3.80. The van der Waals surface area contributed by atoms with E-state index in [0.717, 1.165) is 43.5 Å². The van der Waals surface area contributed by atoms with E-state index in [2.05, 4.69) is 10.00 Å². The molecule has 1 saturated heterocycles. The minimum Gasteiger partial charge on any atom is -0.378 e. The molecule has 0 saturated carbocycles. The van der Waals surface area contributed by atoms with Crippen LogP contribution in [0.15, 0.2) is 18.5 Å². The topological polar surface area (TPSA) is 45.9 Å². The van der Waals surface area contributed by atoms with Gasteiger partial charge in [-0.15, -0.1) is 0 Å². The molecule has 0 amide bonds. The summed E-state index contributed by atoms with van der Waals surface area (Å²) in [7, 11) is 4.00. The van der Waals surface area contributed by atoms with E-state index in [1.54, 1.807) is 4.52 Å². The van der Waals surface area contributed by atoms with Crippen molar-refractivity contribution in [3.8, 4) is 0 Å². The summed E-state index contributed by atoms with van der Waals surface area (Å²) in [6, 6.07) is 2.00. The number of rotatable bonds is 2. The molecule has 0 N–H and O–H groups in total. The first kappa shape index (κ1) is 11.3. The van der Waals surface area contributed by atoms with Crippen molar-refractivity contribution in [1.82, 2.24) is 14.6 Å². The highest BCUT2D eigenvalue weighted by Gasteiger charge is 2.14. The van der Waals surface area contributed by atoms with Crippen molar-refractivity contribution < 1.29 is 4.74 Å². The van der Waals surface area contributed by atoms with Crippen LogP contribution in [0.4, 0.5) is 11.5 Å². The Kier molecular flexibility index (Phi) is 2.79. The number of nitrogens with zero attached hydrogens (tertiary/aromatic N) is 5. The summed E-state index contributed by atoms with van der Waals surface area (Å²) < 4.78 is 7.17. The minimum absolute atomic E-state index is 0.770.